The van der Waals surface area contributed by atoms with Crippen molar-refractivity contribution in [3.8, 4) is 11.1 Å². The van der Waals surface area contributed by atoms with Crippen LogP contribution in [-0.2, 0) is 18.3 Å². The van der Waals surface area contributed by atoms with E-state index in [-0.39, 0.29) is 11.4 Å². The number of aryl methyl sites for hydroxylation is 1. The maximum absolute atomic E-state index is 13.4. The van der Waals surface area contributed by atoms with Crippen molar-refractivity contribution in [1.29, 1.82) is 0 Å². The molecule has 6 rings (SSSR count). The minimum atomic E-state index is -0.220. The van der Waals surface area contributed by atoms with Crippen LogP contribution in [0.1, 0.15) is 5.56 Å². The fourth-order valence-corrected chi connectivity index (χ4v) is 5.06. The van der Waals surface area contributed by atoms with Crippen LogP contribution >= 0.6 is 11.6 Å². The number of nitrogens with one attached hydrogen (secondary N) is 1. The van der Waals surface area contributed by atoms with E-state index in [2.05, 4.69) is 32.4 Å². The molecule has 38 heavy (non-hydrogen) atoms. The molecule has 192 valence electrons. The van der Waals surface area contributed by atoms with Crippen molar-refractivity contribution >= 4 is 39.8 Å². The predicted molar refractivity (Wildman–Crippen MR) is 152 cm³/mol. The van der Waals surface area contributed by atoms with E-state index in [0.717, 1.165) is 41.2 Å². The fraction of sp³-hybridized carbons (Fsp3) is 0.207. The molecule has 0 unspecified atom stereocenters. The van der Waals surface area contributed by atoms with Crippen molar-refractivity contribution in [2.24, 2.45) is 7.05 Å². The number of fused-ring (bicyclic) bond motifs is 1. The van der Waals surface area contributed by atoms with Gasteiger partial charge in [0.2, 0.25) is 0 Å². The van der Waals surface area contributed by atoms with Crippen LogP contribution < -0.4 is 15.8 Å². The molecular formula is C29H27ClN6O2. The highest BCUT2D eigenvalue weighted by Gasteiger charge is 2.18. The largest absolute Gasteiger partial charge is 0.378 e. The summed E-state index contributed by atoms with van der Waals surface area (Å²) in [5.41, 5.74) is 5.78. The van der Waals surface area contributed by atoms with Crippen LogP contribution in [0.15, 0.2) is 83.9 Å². The number of anilines is 3. The summed E-state index contributed by atoms with van der Waals surface area (Å²) in [5, 5.41) is 8.33. The van der Waals surface area contributed by atoms with Gasteiger partial charge in [-0.3, -0.25) is 9.48 Å². The Labute approximate surface area is 225 Å². The van der Waals surface area contributed by atoms with Gasteiger partial charge in [0, 0.05) is 37.5 Å². The monoisotopic (exact) mass is 526 g/mol. The van der Waals surface area contributed by atoms with Gasteiger partial charge in [-0.15, -0.1) is 0 Å². The first kappa shape index (κ1) is 24.2. The summed E-state index contributed by atoms with van der Waals surface area (Å²) >= 11 is 6.74. The summed E-state index contributed by atoms with van der Waals surface area (Å²) in [5.74, 6) is 0.250. The van der Waals surface area contributed by atoms with Crippen LogP contribution in [0, 0.1) is 0 Å². The van der Waals surface area contributed by atoms with Crippen LogP contribution in [0.25, 0.3) is 22.2 Å². The third-order valence-electron chi connectivity index (χ3n) is 6.81. The van der Waals surface area contributed by atoms with Crippen molar-refractivity contribution < 1.29 is 4.74 Å². The molecule has 2 aromatic heterocycles. The molecule has 9 heteroatoms. The molecule has 1 aliphatic rings. The molecule has 0 aliphatic carbocycles. The Kier molecular flexibility index (Phi) is 6.57. The van der Waals surface area contributed by atoms with Crippen LogP contribution in [0.5, 0.6) is 0 Å². The summed E-state index contributed by atoms with van der Waals surface area (Å²) in [6, 6.07) is 21.8. The van der Waals surface area contributed by atoms with E-state index < -0.39 is 0 Å². The Hall–Kier alpha value is -4.14. The van der Waals surface area contributed by atoms with Crippen LogP contribution in [0.3, 0.4) is 0 Å². The summed E-state index contributed by atoms with van der Waals surface area (Å²) in [7, 11) is 1.75. The normalized spacial score (nSPS) is 13.7. The Bertz CT molecular complexity index is 1660. The molecule has 1 saturated heterocycles. The van der Waals surface area contributed by atoms with E-state index in [1.54, 1.807) is 23.9 Å². The van der Waals surface area contributed by atoms with Crippen molar-refractivity contribution in [3.63, 3.8) is 0 Å². The van der Waals surface area contributed by atoms with E-state index in [9.17, 15) is 4.79 Å². The summed E-state index contributed by atoms with van der Waals surface area (Å²) < 4.78 is 8.98. The standard InChI is InChI=1S/C29H27ClN6O2/c1-34-27-15-22(21-17-31-36(19-21)18-20-7-3-2-4-8-20)23(30)16-25(27)33-28(29(34)37)32-24-9-5-6-10-26(24)35-11-13-38-14-12-35/h2-10,15-17,19H,11-14,18H2,1H3,(H,32,33). The topological polar surface area (TPSA) is 77.2 Å². The first-order chi connectivity index (χ1) is 18.6. The number of halogens is 1. The maximum atomic E-state index is 13.4. The molecule has 0 spiro atoms. The number of hydrogen-bond acceptors (Lipinski definition) is 6. The van der Waals surface area contributed by atoms with Crippen molar-refractivity contribution in [3.05, 3.63) is 100 Å². The number of ether oxygens (including phenoxy) is 1. The molecule has 1 fully saturated rings. The van der Waals surface area contributed by atoms with Gasteiger partial charge in [0.05, 0.1) is 53.4 Å². The van der Waals surface area contributed by atoms with Gasteiger partial charge in [0.25, 0.3) is 5.56 Å². The van der Waals surface area contributed by atoms with Gasteiger partial charge in [0.15, 0.2) is 5.82 Å². The Morgan fingerprint density at radius 3 is 2.61 bits per heavy atom. The molecule has 0 bridgehead atoms. The average molecular weight is 527 g/mol. The van der Waals surface area contributed by atoms with Gasteiger partial charge in [-0.1, -0.05) is 54.1 Å². The first-order valence-corrected chi connectivity index (χ1v) is 12.9. The molecule has 1 N–H and O–H groups in total. The molecule has 0 amide bonds. The van der Waals surface area contributed by atoms with Crippen molar-refractivity contribution in [2.75, 3.05) is 36.5 Å². The smallest absolute Gasteiger partial charge is 0.293 e. The number of para-hydroxylation sites is 2. The summed E-state index contributed by atoms with van der Waals surface area (Å²) in [6.45, 7) is 3.60. The van der Waals surface area contributed by atoms with Gasteiger partial charge in [-0.2, -0.15) is 5.10 Å². The fourth-order valence-electron chi connectivity index (χ4n) is 4.80. The molecule has 0 radical (unpaired) electrons. The highest BCUT2D eigenvalue weighted by Crippen LogP contribution is 2.32. The van der Waals surface area contributed by atoms with E-state index in [0.29, 0.717) is 35.8 Å². The second-order valence-electron chi connectivity index (χ2n) is 9.30. The summed E-state index contributed by atoms with van der Waals surface area (Å²) in [4.78, 5) is 20.3. The van der Waals surface area contributed by atoms with E-state index in [4.69, 9.17) is 16.3 Å². The molecule has 3 heterocycles. The molecular weight excluding hydrogens is 500 g/mol. The number of aromatic nitrogens is 4. The second kappa shape index (κ2) is 10.3. The van der Waals surface area contributed by atoms with Crippen LogP contribution in [0.2, 0.25) is 5.02 Å². The van der Waals surface area contributed by atoms with Crippen molar-refractivity contribution in [2.45, 2.75) is 6.54 Å². The molecule has 0 atom stereocenters. The van der Waals surface area contributed by atoms with Gasteiger partial charge in [-0.05, 0) is 29.8 Å². The lowest BCUT2D eigenvalue weighted by Crippen LogP contribution is -2.36. The lowest BCUT2D eigenvalue weighted by Gasteiger charge is -2.30. The summed E-state index contributed by atoms with van der Waals surface area (Å²) in [6.07, 6.45) is 3.75. The third-order valence-corrected chi connectivity index (χ3v) is 7.12. The zero-order chi connectivity index (χ0) is 26.1. The quantitative estimate of drug-likeness (QED) is 0.332. The second-order valence-corrected chi connectivity index (χ2v) is 9.71. The van der Waals surface area contributed by atoms with E-state index >= 15 is 0 Å². The van der Waals surface area contributed by atoms with E-state index in [1.807, 2.05) is 59.4 Å². The van der Waals surface area contributed by atoms with Gasteiger partial charge < -0.3 is 19.5 Å². The molecule has 1 aliphatic heterocycles. The number of benzene rings is 3. The molecule has 3 aromatic carbocycles. The first-order valence-electron chi connectivity index (χ1n) is 12.5. The minimum Gasteiger partial charge on any atom is -0.378 e. The number of rotatable bonds is 6. The molecule has 5 aromatic rings. The Balaban J connectivity index is 1.33. The lowest BCUT2D eigenvalue weighted by molar-refractivity contribution is 0.123. The SMILES string of the molecule is Cn1c(=O)c(Nc2ccccc2N2CCOCC2)nc2cc(Cl)c(-c3cnn(Cc4ccccc4)c3)cc21. The van der Waals surface area contributed by atoms with Gasteiger partial charge >= 0.3 is 0 Å². The highest BCUT2D eigenvalue weighted by molar-refractivity contribution is 6.34. The highest BCUT2D eigenvalue weighted by atomic mass is 35.5. The van der Waals surface area contributed by atoms with Crippen LogP contribution in [-0.4, -0.2) is 45.6 Å². The maximum Gasteiger partial charge on any atom is 0.293 e. The minimum absolute atomic E-state index is 0.220. The van der Waals surface area contributed by atoms with Crippen LogP contribution in [0.4, 0.5) is 17.2 Å². The molecule has 8 nitrogen and oxygen atoms in total. The number of hydrogen-bond donors (Lipinski definition) is 1. The predicted octanol–water partition coefficient (Wildman–Crippen LogP) is 5.08. The van der Waals surface area contributed by atoms with Gasteiger partial charge in [-0.25, -0.2) is 4.98 Å². The lowest BCUT2D eigenvalue weighted by atomic mass is 10.1. The van der Waals surface area contributed by atoms with E-state index in [1.165, 1.54) is 0 Å². The number of nitrogens with zero attached hydrogens (tertiary/aromatic N) is 5. The third kappa shape index (κ3) is 4.76. The molecule has 0 saturated carbocycles. The van der Waals surface area contributed by atoms with Gasteiger partial charge in [0.1, 0.15) is 0 Å². The Morgan fingerprint density at radius 1 is 1.03 bits per heavy atom. The number of morpholine rings is 1. The zero-order valence-corrected chi connectivity index (χ0v) is 21.7. The van der Waals surface area contributed by atoms with Crippen molar-refractivity contribution in [1.82, 2.24) is 19.3 Å². The average Bonchev–Trinajstić information content (AvgIpc) is 3.41. The zero-order valence-electron chi connectivity index (χ0n) is 21.0. The Morgan fingerprint density at radius 2 is 1.79 bits per heavy atom.